The molecule has 1 saturated heterocycles. The number of hydrogen-bond donors (Lipinski definition) is 0. The Bertz CT molecular complexity index is 760. The van der Waals surface area contributed by atoms with Crippen LogP contribution in [0, 0.1) is 50.7 Å². The molecule has 5 heteroatoms. The highest BCUT2D eigenvalue weighted by Gasteiger charge is 2.62. The number of esters is 3. The van der Waals surface area contributed by atoms with Gasteiger partial charge in [0.15, 0.2) is 0 Å². The van der Waals surface area contributed by atoms with E-state index in [0.717, 1.165) is 6.42 Å². The van der Waals surface area contributed by atoms with Gasteiger partial charge >= 0.3 is 17.9 Å². The minimum Gasteiger partial charge on any atom is -0.466 e. The van der Waals surface area contributed by atoms with Crippen LogP contribution in [0.15, 0.2) is 0 Å². The Morgan fingerprint density at radius 3 is 1.74 bits per heavy atom. The Morgan fingerprint density at radius 1 is 0.853 bits per heavy atom. The van der Waals surface area contributed by atoms with Gasteiger partial charge in [0.2, 0.25) is 0 Å². The zero-order valence-corrected chi connectivity index (χ0v) is 24.5. The predicted octanol–water partition coefficient (Wildman–Crippen LogP) is 7.07. The molecule has 0 aromatic carbocycles. The zero-order valence-electron chi connectivity index (χ0n) is 24.5. The monoisotopic (exact) mass is 480 g/mol. The van der Waals surface area contributed by atoms with E-state index in [1.165, 1.54) is 0 Å². The van der Waals surface area contributed by atoms with Gasteiger partial charge in [0.25, 0.3) is 0 Å². The van der Waals surface area contributed by atoms with E-state index in [0.29, 0.717) is 18.9 Å². The second-order valence-electron chi connectivity index (χ2n) is 14.7. The van der Waals surface area contributed by atoms with Crippen LogP contribution in [-0.4, -0.2) is 24.5 Å². The van der Waals surface area contributed by atoms with Gasteiger partial charge in [0.1, 0.15) is 0 Å². The molecule has 34 heavy (non-hydrogen) atoms. The van der Waals surface area contributed by atoms with Crippen molar-refractivity contribution in [2.75, 3.05) is 6.61 Å². The van der Waals surface area contributed by atoms with E-state index in [4.69, 9.17) is 9.47 Å². The average molecular weight is 481 g/mol. The highest BCUT2D eigenvalue weighted by Crippen LogP contribution is 2.58. The first-order chi connectivity index (χ1) is 15.0. The number of carbonyl (C=O) groups excluding carboxylic acids is 3. The van der Waals surface area contributed by atoms with E-state index >= 15 is 0 Å². The molecule has 5 nitrogen and oxygen atoms in total. The first-order valence-corrected chi connectivity index (χ1v) is 12.9. The summed E-state index contributed by atoms with van der Waals surface area (Å²) in [5.74, 6) is -2.44. The summed E-state index contributed by atoms with van der Waals surface area (Å²) in [5, 5.41) is 0. The maximum absolute atomic E-state index is 13.5. The van der Waals surface area contributed by atoms with Crippen molar-refractivity contribution in [3.05, 3.63) is 0 Å². The SMILES string of the molecule is CCOC(=O)C(CC(C)(C)C(C)CC(C)(C)C)C(C)(C)C(C)(C)C1C(=O)OC(=O)C1C(C)(C)C. The Hall–Kier alpha value is -1.39. The molecule has 0 N–H and O–H groups in total. The second kappa shape index (κ2) is 9.93. The van der Waals surface area contributed by atoms with Gasteiger partial charge < -0.3 is 9.47 Å². The van der Waals surface area contributed by atoms with Crippen LogP contribution in [0.1, 0.15) is 110 Å². The molecular weight excluding hydrogens is 428 g/mol. The molecule has 0 spiro atoms. The Kier molecular flexibility index (Phi) is 8.95. The van der Waals surface area contributed by atoms with Gasteiger partial charge in [-0.25, -0.2) is 0 Å². The lowest BCUT2D eigenvalue weighted by atomic mass is 9.50. The number of ether oxygens (including phenoxy) is 2. The molecule has 0 aromatic rings. The highest BCUT2D eigenvalue weighted by atomic mass is 16.6. The minimum absolute atomic E-state index is 0.131. The van der Waals surface area contributed by atoms with Gasteiger partial charge in [0.05, 0.1) is 24.4 Å². The van der Waals surface area contributed by atoms with Gasteiger partial charge in [-0.15, -0.1) is 0 Å². The van der Waals surface area contributed by atoms with Gasteiger partial charge in [0, 0.05) is 0 Å². The molecular formula is C29H52O5. The third kappa shape index (κ3) is 6.43. The van der Waals surface area contributed by atoms with Crippen LogP contribution in [-0.2, 0) is 23.9 Å². The third-order valence-electron chi connectivity index (χ3n) is 8.84. The summed E-state index contributed by atoms with van der Waals surface area (Å²) >= 11 is 0. The molecule has 0 bridgehead atoms. The fraction of sp³-hybridized carbons (Fsp3) is 0.897. The van der Waals surface area contributed by atoms with E-state index < -0.39 is 45.9 Å². The Balaban J connectivity index is 3.52. The number of cyclic esters (lactones) is 2. The topological polar surface area (TPSA) is 69.7 Å². The van der Waals surface area contributed by atoms with E-state index in [9.17, 15) is 14.4 Å². The van der Waals surface area contributed by atoms with Crippen LogP contribution in [0.2, 0.25) is 0 Å². The summed E-state index contributed by atoms with van der Waals surface area (Å²) in [6.07, 6.45) is 1.67. The molecule has 1 aliphatic heterocycles. The second-order valence-corrected chi connectivity index (χ2v) is 14.7. The van der Waals surface area contributed by atoms with E-state index in [2.05, 4.69) is 55.4 Å². The Labute approximate surface area is 209 Å². The third-order valence-corrected chi connectivity index (χ3v) is 8.84. The molecule has 0 aromatic heterocycles. The summed E-state index contributed by atoms with van der Waals surface area (Å²) < 4.78 is 10.8. The number of hydrogen-bond acceptors (Lipinski definition) is 5. The standard InChI is InChI=1S/C29H52O5/c1-15-33-22(30)19(17-27(9,10)18(2)16-25(3,4)5)28(11,12)29(13,14)21-20(26(6,7)8)23(31)34-24(21)32/h18-21H,15-17H2,1-14H3. The molecule has 1 aliphatic rings. The minimum atomic E-state index is -0.699. The van der Waals surface area contributed by atoms with Gasteiger partial charge in [-0.3, -0.25) is 14.4 Å². The molecule has 0 amide bonds. The first kappa shape index (κ1) is 30.6. The van der Waals surface area contributed by atoms with E-state index in [-0.39, 0.29) is 16.8 Å². The molecule has 0 radical (unpaired) electrons. The smallest absolute Gasteiger partial charge is 0.318 e. The maximum atomic E-state index is 13.5. The number of rotatable bonds is 9. The van der Waals surface area contributed by atoms with Crippen molar-refractivity contribution < 1.29 is 23.9 Å². The average Bonchev–Trinajstić information content (AvgIpc) is 2.92. The van der Waals surface area contributed by atoms with Gasteiger partial charge in [-0.05, 0) is 52.8 Å². The van der Waals surface area contributed by atoms with Crippen LogP contribution in [0.5, 0.6) is 0 Å². The zero-order chi connectivity index (χ0) is 27.1. The molecule has 0 aliphatic carbocycles. The van der Waals surface area contributed by atoms with Crippen LogP contribution in [0.25, 0.3) is 0 Å². The molecule has 198 valence electrons. The highest BCUT2D eigenvalue weighted by molar-refractivity contribution is 5.97. The summed E-state index contributed by atoms with van der Waals surface area (Å²) in [6, 6.07) is 0. The van der Waals surface area contributed by atoms with Crippen molar-refractivity contribution in [1.82, 2.24) is 0 Å². The quantitative estimate of drug-likeness (QED) is 0.261. The van der Waals surface area contributed by atoms with Crippen LogP contribution in [0.3, 0.4) is 0 Å². The lowest BCUT2D eigenvalue weighted by Gasteiger charge is -2.52. The van der Waals surface area contributed by atoms with Crippen LogP contribution < -0.4 is 0 Å². The van der Waals surface area contributed by atoms with Crippen molar-refractivity contribution in [2.45, 2.75) is 110 Å². The molecule has 4 unspecified atom stereocenters. The molecule has 1 heterocycles. The molecule has 1 fully saturated rings. The fourth-order valence-electron chi connectivity index (χ4n) is 5.71. The first-order valence-electron chi connectivity index (χ1n) is 12.9. The summed E-state index contributed by atoms with van der Waals surface area (Å²) in [5.41, 5.74) is -1.74. The van der Waals surface area contributed by atoms with Gasteiger partial charge in [-0.1, -0.05) is 90.0 Å². The van der Waals surface area contributed by atoms with Gasteiger partial charge in [-0.2, -0.15) is 0 Å². The molecule has 0 saturated carbocycles. The lowest BCUT2D eigenvalue weighted by molar-refractivity contribution is -0.166. The van der Waals surface area contributed by atoms with Crippen molar-refractivity contribution in [3.8, 4) is 0 Å². The van der Waals surface area contributed by atoms with Crippen molar-refractivity contribution in [1.29, 1.82) is 0 Å². The molecule has 1 rings (SSSR count). The normalized spacial score (nSPS) is 22.4. The maximum Gasteiger partial charge on any atom is 0.318 e. The largest absolute Gasteiger partial charge is 0.466 e. The van der Waals surface area contributed by atoms with Crippen molar-refractivity contribution >= 4 is 17.9 Å². The summed E-state index contributed by atoms with van der Waals surface area (Å²) in [6.45, 7) is 29.6. The molecule has 4 atom stereocenters. The van der Waals surface area contributed by atoms with Crippen LogP contribution >= 0.6 is 0 Å². The Morgan fingerprint density at radius 2 is 1.32 bits per heavy atom. The number of carbonyl (C=O) groups is 3. The lowest BCUT2D eigenvalue weighted by Crippen LogP contribution is -2.52. The predicted molar refractivity (Wildman–Crippen MR) is 137 cm³/mol. The van der Waals surface area contributed by atoms with E-state index in [1.807, 2.05) is 41.5 Å². The van der Waals surface area contributed by atoms with Crippen molar-refractivity contribution in [3.63, 3.8) is 0 Å². The van der Waals surface area contributed by atoms with Crippen LogP contribution in [0.4, 0.5) is 0 Å². The van der Waals surface area contributed by atoms with Crippen molar-refractivity contribution in [2.24, 2.45) is 50.7 Å². The fourth-order valence-corrected chi connectivity index (χ4v) is 5.71. The van der Waals surface area contributed by atoms with E-state index in [1.54, 1.807) is 0 Å². The summed E-state index contributed by atoms with van der Waals surface area (Å²) in [7, 11) is 0. The summed E-state index contributed by atoms with van der Waals surface area (Å²) in [4.78, 5) is 39.2.